The summed E-state index contributed by atoms with van der Waals surface area (Å²) < 4.78 is 1.47. The first-order valence-electron chi connectivity index (χ1n) is 10.1. The highest BCUT2D eigenvalue weighted by molar-refractivity contribution is 7.98. The number of carbonyl (C=O) groups is 1. The minimum absolute atomic E-state index is 0.163. The van der Waals surface area contributed by atoms with Crippen LogP contribution in [0.4, 0.5) is 5.82 Å². The van der Waals surface area contributed by atoms with Crippen LogP contribution in [-0.4, -0.2) is 65.6 Å². The van der Waals surface area contributed by atoms with Crippen LogP contribution in [-0.2, 0) is 4.79 Å². The number of hydrogen-bond donors (Lipinski definition) is 4. The highest BCUT2D eigenvalue weighted by Crippen LogP contribution is 2.43. The third-order valence-corrected chi connectivity index (χ3v) is 6.71. The van der Waals surface area contributed by atoms with Gasteiger partial charge in [-0.15, -0.1) is 5.10 Å². The SMILES string of the molecule is CSc1nc(NC2CC2c2ccccc2)c2nnn([C@H]3C[C@@H](C(N)=O)[C@H](O)[C@@H]3O)c2n1. The van der Waals surface area contributed by atoms with Crippen LogP contribution in [0.3, 0.4) is 0 Å². The number of aliphatic hydroxyl groups excluding tert-OH is 2. The fraction of sp³-hybridized carbons (Fsp3) is 0.450. The Hall–Kier alpha value is -2.76. The van der Waals surface area contributed by atoms with Crippen molar-refractivity contribution in [1.82, 2.24) is 25.0 Å². The van der Waals surface area contributed by atoms with Gasteiger partial charge in [-0.05, 0) is 24.7 Å². The Morgan fingerprint density at radius 1 is 1.19 bits per heavy atom. The minimum Gasteiger partial charge on any atom is -0.390 e. The average molecular weight is 442 g/mol. The fourth-order valence-corrected chi connectivity index (χ4v) is 4.72. The first-order chi connectivity index (χ1) is 15.0. The van der Waals surface area contributed by atoms with Gasteiger partial charge < -0.3 is 21.3 Å². The Morgan fingerprint density at radius 3 is 2.65 bits per heavy atom. The van der Waals surface area contributed by atoms with E-state index in [2.05, 4.69) is 37.7 Å². The van der Waals surface area contributed by atoms with E-state index >= 15 is 0 Å². The molecule has 0 radical (unpaired) electrons. The third kappa shape index (κ3) is 3.52. The maximum Gasteiger partial charge on any atom is 0.223 e. The van der Waals surface area contributed by atoms with E-state index in [1.54, 1.807) is 0 Å². The van der Waals surface area contributed by atoms with Gasteiger partial charge in [0.15, 0.2) is 22.1 Å². The number of hydrogen-bond acceptors (Lipinski definition) is 9. The number of thioether (sulfide) groups is 1. The zero-order valence-electron chi connectivity index (χ0n) is 16.8. The van der Waals surface area contributed by atoms with Crippen molar-refractivity contribution in [2.75, 3.05) is 11.6 Å². The largest absolute Gasteiger partial charge is 0.390 e. The predicted octanol–water partition coefficient (Wildman–Crippen LogP) is 0.679. The smallest absolute Gasteiger partial charge is 0.223 e. The zero-order chi connectivity index (χ0) is 21.7. The van der Waals surface area contributed by atoms with Gasteiger partial charge >= 0.3 is 0 Å². The van der Waals surface area contributed by atoms with Crippen molar-refractivity contribution >= 4 is 34.7 Å². The molecule has 31 heavy (non-hydrogen) atoms. The van der Waals surface area contributed by atoms with Crippen LogP contribution in [0.5, 0.6) is 0 Å². The molecule has 5 N–H and O–H groups in total. The molecular formula is C20H23N7O3S. The summed E-state index contributed by atoms with van der Waals surface area (Å²) in [6, 6.07) is 9.88. The van der Waals surface area contributed by atoms with Crippen molar-refractivity contribution in [3.05, 3.63) is 35.9 Å². The molecule has 2 aliphatic carbocycles. The zero-order valence-corrected chi connectivity index (χ0v) is 17.6. The maximum atomic E-state index is 11.6. The number of fused-ring (bicyclic) bond motifs is 1. The van der Waals surface area contributed by atoms with Gasteiger partial charge in [-0.3, -0.25) is 4.79 Å². The second kappa shape index (κ2) is 7.74. The quantitative estimate of drug-likeness (QED) is 0.319. The predicted molar refractivity (Wildman–Crippen MR) is 114 cm³/mol. The number of primary amides is 1. The van der Waals surface area contributed by atoms with Crippen LogP contribution in [0, 0.1) is 5.92 Å². The number of nitrogens with two attached hydrogens (primary N) is 1. The molecule has 3 aromatic rings. The topological polar surface area (TPSA) is 152 Å². The lowest BCUT2D eigenvalue weighted by Gasteiger charge is -2.16. The molecule has 1 amide bonds. The molecule has 10 nitrogen and oxygen atoms in total. The minimum atomic E-state index is -1.25. The van der Waals surface area contributed by atoms with E-state index in [9.17, 15) is 15.0 Å². The number of aliphatic hydroxyl groups is 2. The number of nitrogens with zero attached hydrogens (tertiary/aromatic N) is 5. The van der Waals surface area contributed by atoms with E-state index in [1.165, 1.54) is 22.0 Å². The summed E-state index contributed by atoms with van der Waals surface area (Å²) in [6.07, 6.45) is 0.583. The standard InChI is InChI=1S/C20H23N7O3S/c1-31-20-23-18(22-12-7-10(12)9-5-3-2-4-6-9)14-19(24-20)27(26-25-14)13-8-11(17(21)30)15(28)16(13)29/h2-6,10-13,15-16,28-29H,7-8H2,1H3,(H2,21,30)(H,22,23,24)/t10?,11-,12?,13+,15+,16-/m1/s1. The van der Waals surface area contributed by atoms with Gasteiger partial charge in [0.05, 0.1) is 18.1 Å². The Balaban J connectivity index is 1.46. The molecule has 0 aliphatic heterocycles. The fourth-order valence-electron chi connectivity index (χ4n) is 4.36. The molecule has 2 aromatic heterocycles. The number of aromatic nitrogens is 5. The number of nitrogens with one attached hydrogen (secondary N) is 1. The van der Waals surface area contributed by atoms with Crippen molar-refractivity contribution in [2.45, 2.75) is 48.2 Å². The van der Waals surface area contributed by atoms with Crippen LogP contribution >= 0.6 is 11.8 Å². The number of carbonyl (C=O) groups excluding carboxylic acids is 1. The van der Waals surface area contributed by atoms with Crippen LogP contribution in [0.2, 0.25) is 0 Å². The second-order valence-electron chi connectivity index (χ2n) is 8.06. The summed E-state index contributed by atoms with van der Waals surface area (Å²) in [5, 5.41) is 33.2. The molecule has 0 saturated heterocycles. The Morgan fingerprint density at radius 2 is 1.97 bits per heavy atom. The normalized spacial score (nSPS) is 29.9. The molecule has 0 bridgehead atoms. The molecule has 2 aliphatic rings. The van der Waals surface area contributed by atoms with Gasteiger partial charge in [0.25, 0.3) is 0 Å². The van der Waals surface area contributed by atoms with Gasteiger partial charge in [0.1, 0.15) is 6.10 Å². The molecule has 2 heterocycles. The van der Waals surface area contributed by atoms with E-state index < -0.39 is 30.1 Å². The molecule has 6 atom stereocenters. The molecule has 2 fully saturated rings. The number of amides is 1. The Kier molecular flexibility index (Phi) is 5.03. The average Bonchev–Trinajstić information content (AvgIpc) is 3.31. The lowest BCUT2D eigenvalue weighted by atomic mass is 10.1. The summed E-state index contributed by atoms with van der Waals surface area (Å²) in [7, 11) is 0. The van der Waals surface area contributed by atoms with Gasteiger partial charge in [-0.2, -0.15) is 0 Å². The molecule has 2 unspecified atom stereocenters. The monoisotopic (exact) mass is 441 g/mol. The summed E-state index contributed by atoms with van der Waals surface area (Å²) in [4.78, 5) is 20.8. The van der Waals surface area contributed by atoms with Crippen molar-refractivity contribution in [3.8, 4) is 0 Å². The van der Waals surface area contributed by atoms with Crippen LogP contribution in [0.25, 0.3) is 11.2 Å². The number of benzene rings is 1. The first kappa shape index (κ1) is 20.2. The van der Waals surface area contributed by atoms with Crippen molar-refractivity contribution in [3.63, 3.8) is 0 Å². The van der Waals surface area contributed by atoms with Gasteiger partial charge in [-0.1, -0.05) is 47.3 Å². The lowest BCUT2D eigenvalue weighted by molar-refractivity contribution is -0.125. The highest BCUT2D eigenvalue weighted by atomic mass is 32.2. The van der Waals surface area contributed by atoms with E-state index in [0.717, 1.165) is 6.42 Å². The van der Waals surface area contributed by atoms with Crippen LogP contribution < -0.4 is 11.1 Å². The van der Waals surface area contributed by atoms with Crippen molar-refractivity contribution < 1.29 is 15.0 Å². The van der Waals surface area contributed by atoms with Crippen molar-refractivity contribution in [1.29, 1.82) is 0 Å². The summed E-state index contributed by atoms with van der Waals surface area (Å²) >= 11 is 1.39. The molecule has 5 rings (SSSR count). The van der Waals surface area contributed by atoms with E-state index in [-0.39, 0.29) is 12.5 Å². The highest BCUT2D eigenvalue weighted by Gasteiger charge is 2.46. The van der Waals surface area contributed by atoms with E-state index in [0.29, 0.717) is 28.1 Å². The van der Waals surface area contributed by atoms with Crippen LogP contribution in [0.1, 0.15) is 30.4 Å². The van der Waals surface area contributed by atoms with Crippen LogP contribution in [0.15, 0.2) is 35.5 Å². The molecule has 0 spiro atoms. The van der Waals surface area contributed by atoms with Crippen molar-refractivity contribution in [2.24, 2.45) is 11.7 Å². The van der Waals surface area contributed by atoms with Gasteiger partial charge in [0, 0.05) is 12.0 Å². The lowest BCUT2D eigenvalue weighted by Crippen LogP contribution is -2.35. The summed E-state index contributed by atoms with van der Waals surface area (Å²) in [5.74, 6) is -0.511. The molecule has 2 saturated carbocycles. The first-order valence-corrected chi connectivity index (χ1v) is 11.3. The molecule has 162 valence electrons. The number of anilines is 1. The third-order valence-electron chi connectivity index (χ3n) is 6.16. The Bertz CT molecular complexity index is 1120. The molecule has 1 aromatic carbocycles. The summed E-state index contributed by atoms with van der Waals surface area (Å²) in [5.41, 5.74) is 7.59. The Labute approximate surface area is 182 Å². The van der Waals surface area contributed by atoms with Gasteiger partial charge in [-0.25, -0.2) is 14.6 Å². The van der Waals surface area contributed by atoms with Gasteiger partial charge in [0.2, 0.25) is 5.91 Å². The summed E-state index contributed by atoms with van der Waals surface area (Å²) in [6.45, 7) is 0. The number of rotatable bonds is 6. The molecule has 11 heteroatoms. The molecular weight excluding hydrogens is 418 g/mol. The van der Waals surface area contributed by atoms with E-state index in [4.69, 9.17) is 5.73 Å². The second-order valence-corrected chi connectivity index (χ2v) is 8.84. The van der Waals surface area contributed by atoms with E-state index in [1.807, 2.05) is 24.5 Å². The maximum absolute atomic E-state index is 11.6.